The Bertz CT molecular complexity index is 369. The molecule has 1 N–H and O–H groups in total. The number of aromatic hydroxyl groups is 1. The Morgan fingerprint density at radius 1 is 1.53 bits per heavy atom. The maximum absolute atomic E-state index is 10.7. The van der Waals surface area contributed by atoms with Crippen molar-refractivity contribution < 1.29 is 14.6 Å². The Morgan fingerprint density at radius 2 is 2.27 bits per heavy atom. The van der Waals surface area contributed by atoms with Crippen molar-refractivity contribution in [2.24, 2.45) is 0 Å². The van der Waals surface area contributed by atoms with Crippen molar-refractivity contribution in [3.8, 4) is 5.75 Å². The number of carbonyl (C=O) groups excluding carboxylic acids is 1. The van der Waals surface area contributed by atoms with E-state index in [9.17, 15) is 9.90 Å². The number of hydrogen-bond donors (Lipinski definition) is 1. The van der Waals surface area contributed by atoms with Gasteiger partial charge in [-0.25, -0.2) is 0 Å². The highest BCUT2D eigenvalue weighted by molar-refractivity contribution is 5.80. The summed E-state index contributed by atoms with van der Waals surface area (Å²) in [5.74, 6) is -0.000313. The predicted octanol–water partition coefficient (Wildman–Crippen LogP) is 2.08. The lowest BCUT2D eigenvalue weighted by atomic mass is 10.0. The summed E-state index contributed by atoms with van der Waals surface area (Å²) in [4.78, 5) is 10.7. The van der Waals surface area contributed by atoms with Crippen LogP contribution in [0.25, 0.3) is 0 Å². The molecule has 0 heterocycles. The minimum Gasteiger partial charge on any atom is -0.507 e. The number of rotatable bonds is 5. The SMILES string of the molecule is C=CCc1cc(C=O)c(O)c(COC)c1. The summed E-state index contributed by atoms with van der Waals surface area (Å²) in [6, 6.07) is 3.47. The molecule has 80 valence electrons. The molecular weight excluding hydrogens is 192 g/mol. The van der Waals surface area contributed by atoms with E-state index in [4.69, 9.17) is 4.74 Å². The number of phenols is 1. The van der Waals surface area contributed by atoms with Crippen LogP contribution < -0.4 is 0 Å². The van der Waals surface area contributed by atoms with Gasteiger partial charge in [-0.2, -0.15) is 0 Å². The van der Waals surface area contributed by atoms with E-state index >= 15 is 0 Å². The van der Waals surface area contributed by atoms with E-state index < -0.39 is 0 Å². The standard InChI is InChI=1S/C12H14O3/c1-3-4-9-5-10(7-13)12(14)11(6-9)8-15-2/h3,5-7,14H,1,4,8H2,2H3. The van der Waals surface area contributed by atoms with Gasteiger partial charge in [0.25, 0.3) is 0 Å². The summed E-state index contributed by atoms with van der Waals surface area (Å²) in [6.45, 7) is 3.92. The van der Waals surface area contributed by atoms with Crippen molar-refractivity contribution in [1.82, 2.24) is 0 Å². The molecule has 0 aliphatic heterocycles. The zero-order valence-electron chi connectivity index (χ0n) is 8.69. The van der Waals surface area contributed by atoms with Gasteiger partial charge in [-0.1, -0.05) is 6.08 Å². The van der Waals surface area contributed by atoms with Crippen LogP contribution in [0.1, 0.15) is 21.5 Å². The third-order valence-corrected chi connectivity index (χ3v) is 2.08. The van der Waals surface area contributed by atoms with Gasteiger partial charge in [0.15, 0.2) is 6.29 Å². The van der Waals surface area contributed by atoms with Crippen LogP contribution in [0, 0.1) is 0 Å². The van der Waals surface area contributed by atoms with Crippen molar-refractivity contribution >= 4 is 6.29 Å². The zero-order chi connectivity index (χ0) is 11.3. The number of allylic oxidation sites excluding steroid dienone is 1. The van der Waals surface area contributed by atoms with Crippen LogP contribution in [0.5, 0.6) is 5.75 Å². The second-order valence-corrected chi connectivity index (χ2v) is 3.24. The van der Waals surface area contributed by atoms with Crippen LogP contribution in [-0.4, -0.2) is 18.5 Å². The van der Waals surface area contributed by atoms with Crippen LogP contribution in [-0.2, 0) is 17.8 Å². The molecule has 1 aromatic rings. The Labute approximate surface area is 89.0 Å². The minimum atomic E-state index is -0.000313. The fourth-order valence-electron chi connectivity index (χ4n) is 1.43. The normalized spacial score (nSPS) is 9.93. The highest BCUT2D eigenvalue weighted by Crippen LogP contribution is 2.24. The summed E-state index contributed by atoms with van der Waals surface area (Å²) in [5, 5.41) is 9.68. The third-order valence-electron chi connectivity index (χ3n) is 2.08. The summed E-state index contributed by atoms with van der Waals surface area (Å²) < 4.78 is 4.94. The van der Waals surface area contributed by atoms with E-state index in [1.165, 1.54) is 0 Å². The lowest BCUT2D eigenvalue weighted by molar-refractivity contribution is 0.112. The Kier molecular flexibility index (Phi) is 4.06. The first kappa shape index (κ1) is 11.5. The Morgan fingerprint density at radius 3 is 2.80 bits per heavy atom. The highest BCUT2D eigenvalue weighted by atomic mass is 16.5. The number of methoxy groups -OCH3 is 1. The largest absolute Gasteiger partial charge is 0.507 e. The van der Waals surface area contributed by atoms with Crippen LogP contribution >= 0.6 is 0 Å². The molecule has 0 atom stereocenters. The predicted molar refractivity (Wildman–Crippen MR) is 58.1 cm³/mol. The van der Waals surface area contributed by atoms with Crippen molar-refractivity contribution in [3.05, 3.63) is 41.5 Å². The monoisotopic (exact) mass is 206 g/mol. The molecule has 0 aliphatic rings. The molecule has 0 aromatic heterocycles. The summed E-state index contributed by atoms with van der Waals surface area (Å²) >= 11 is 0. The van der Waals surface area contributed by atoms with Crippen LogP contribution in [0.4, 0.5) is 0 Å². The van der Waals surface area contributed by atoms with E-state index in [0.717, 1.165) is 5.56 Å². The van der Waals surface area contributed by atoms with E-state index in [2.05, 4.69) is 6.58 Å². The molecule has 3 nitrogen and oxygen atoms in total. The molecule has 0 fully saturated rings. The van der Waals surface area contributed by atoms with Crippen molar-refractivity contribution in [2.75, 3.05) is 7.11 Å². The molecule has 0 saturated carbocycles. The van der Waals surface area contributed by atoms with Crippen molar-refractivity contribution in [1.29, 1.82) is 0 Å². The number of phenolic OH excluding ortho intramolecular Hbond substituents is 1. The molecule has 0 amide bonds. The van der Waals surface area contributed by atoms with E-state index in [1.807, 2.05) is 6.07 Å². The van der Waals surface area contributed by atoms with Gasteiger partial charge in [0, 0.05) is 12.7 Å². The van der Waals surface area contributed by atoms with Gasteiger partial charge in [0.1, 0.15) is 5.75 Å². The lowest BCUT2D eigenvalue weighted by Crippen LogP contribution is -1.95. The van der Waals surface area contributed by atoms with Gasteiger partial charge in [-0.15, -0.1) is 6.58 Å². The van der Waals surface area contributed by atoms with Gasteiger partial charge in [0.05, 0.1) is 12.2 Å². The van der Waals surface area contributed by atoms with E-state index in [1.54, 1.807) is 19.3 Å². The Balaban J connectivity index is 3.17. The maximum Gasteiger partial charge on any atom is 0.153 e. The average molecular weight is 206 g/mol. The van der Waals surface area contributed by atoms with Gasteiger partial charge in [-0.3, -0.25) is 4.79 Å². The molecule has 0 spiro atoms. The summed E-state index contributed by atoms with van der Waals surface area (Å²) in [6.07, 6.45) is 3.05. The molecular formula is C12H14O3. The summed E-state index contributed by atoms with van der Waals surface area (Å²) in [5.41, 5.74) is 1.86. The quantitative estimate of drug-likeness (QED) is 0.592. The topological polar surface area (TPSA) is 46.5 Å². The van der Waals surface area contributed by atoms with E-state index in [0.29, 0.717) is 23.8 Å². The number of aldehydes is 1. The molecule has 3 heteroatoms. The smallest absolute Gasteiger partial charge is 0.153 e. The molecule has 1 rings (SSSR count). The van der Waals surface area contributed by atoms with Crippen molar-refractivity contribution in [3.63, 3.8) is 0 Å². The highest BCUT2D eigenvalue weighted by Gasteiger charge is 2.08. The van der Waals surface area contributed by atoms with E-state index in [-0.39, 0.29) is 12.4 Å². The fraction of sp³-hybridized carbons (Fsp3) is 0.250. The lowest BCUT2D eigenvalue weighted by Gasteiger charge is -2.08. The van der Waals surface area contributed by atoms with Gasteiger partial charge in [-0.05, 0) is 24.1 Å². The average Bonchev–Trinajstić information content (AvgIpc) is 2.23. The number of carbonyl (C=O) groups is 1. The fourth-order valence-corrected chi connectivity index (χ4v) is 1.43. The minimum absolute atomic E-state index is 0.000313. The molecule has 0 bridgehead atoms. The molecule has 0 radical (unpaired) electrons. The van der Waals surface area contributed by atoms with Crippen LogP contribution in [0.15, 0.2) is 24.8 Å². The number of hydrogen-bond acceptors (Lipinski definition) is 3. The first-order valence-electron chi connectivity index (χ1n) is 4.62. The first-order valence-corrected chi connectivity index (χ1v) is 4.62. The van der Waals surface area contributed by atoms with Crippen LogP contribution in [0.3, 0.4) is 0 Å². The molecule has 15 heavy (non-hydrogen) atoms. The maximum atomic E-state index is 10.7. The van der Waals surface area contributed by atoms with Gasteiger partial charge in [0.2, 0.25) is 0 Å². The summed E-state index contributed by atoms with van der Waals surface area (Å²) in [7, 11) is 1.54. The molecule has 0 unspecified atom stereocenters. The van der Waals surface area contributed by atoms with Crippen molar-refractivity contribution in [2.45, 2.75) is 13.0 Å². The third kappa shape index (κ3) is 2.67. The van der Waals surface area contributed by atoms with Gasteiger partial charge >= 0.3 is 0 Å². The zero-order valence-corrected chi connectivity index (χ0v) is 8.69. The number of ether oxygens (including phenoxy) is 1. The Hall–Kier alpha value is -1.61. The molecule has 0 aliphatic carbocycles. The number of benzene rings is 1. The van der Waals surface area contributed by atoms with Crippen LogP contribution in [0.2, 0.25) is 0 Å². The second kappa shape index (κ2) is 5.32. The van der Waals surface area contributed by atoms with Gasteiger partial charge < -0.3 is 9.84 Å². The molecule has 0 saturated heterocycles. The molecule has 1 aromatic carbocycles. The second-order valence-electron chi connectivity index (χ2n) is 3.24. The first-order chi connectivity index (χ1) is 7.22.